The van der Waals surface area contributed by atoms with Gasteiger partial charge in [-0.2, -0.15) is 0 Å². The molecular formula is C17H24Si. The summed E-state index contributed by atoms with van der Waals surface area (Å²) in [6.07, 6.45) is 7.21. The quantitative estimate of drug-likeness (QED) is 0.669. The predicted molar refractivity (Wildman–Crippen MR) is 83.7 cm³/mol. The normalized spacial score (nSPS) is 15.6. The molecule has 0 aromatic heterocycles. The van der Waals surface area contributed by atoms with Crippen LogP contribution in [0.5, 0.6) is 0 Å². The van der Waals surface area contributed by atoms with Crippen LogP contribution in [-0.4, -0.2) is 8.07 Å². The van der Waals surface area contributed by atoms with E-state index in [0.29, 0.717) is 0 Å². The topological polar surface area (TPSA) is 0 Å². The monoisotopic (exact) mass is 256 g/mol. The number of hydrogen-bond acceptors (Lipinski definition) is 0. The van der Waals surface area contributed by atoms with Gasteiger partial charge in [0.05, 0.1) is 8.07 Å². The second-order valence-corrected chi connectivity index (χ2v) is 11.5. The van der Waals surface area contributed by atoms with E-state index in [1.165, 1.54) is 16.7 Å². The Morgan fingerprint density at radius 1 is 1.06 bits per heavy atom. The van der Waals surface area contributed by atoms with Crippen LogP contribution >= 0.6 is 0 Å². The average Bonchev–Trinajstić information content (AvgIpc) is 2.72. The largest absolute Gasteiger partial charge is 0.0812 e. The number of allylic oxidation sites excluding steroid dienone is 4. The summed E-state index contributed by atoms with van der Waals surface area (Å²) in [6.45, 7) is 11.7. The van der Waals surface area contributed by atoms with Crippen LogP contribution in [-0.2, 0) is 6.42 Å². The Labute approximate surface area is 112 Å². The van der Waals surface area contributed by atoms with Crippen LogP contribution in [0.25, 0.3) is 0 Å². The molecule has 96 valence electrons. The lowest BCUT2D eigenvalue weighted by Crippen LogP contribution is -2.21. The van der Waals surface area contributed by atoms with E-state index in [4.69, 9.17) is 0 Å². The van der Waals surface area contributed by atoms with Crippen LogP contribution in [0.1, 0.15) is 23.1 Å². The third-order valence-electron chi connectivity index (χ3n) is 3.86. The highest BCUT2D eigenvalue weighted by atomic mass is 28.3. The first-order chi connectivity index (χ1) is 8.38. The molecule has 1 heteroatoms. The molecule has 0 N–H and O–H groups in total. The number of hydrogen-bond donors (Lipinski definition) is 0. The van der Waals surface area contributed by atoms with Gasteiger partial charge in [-0.25, -0.2) is 0 Å². The maximum atomic E-state index is 2.47. The van der Waals surface area contributed by atoms with Crippen molar-refractivity contribution in [2.45, 2.75) is 46.3 Å². The summed E-state index contributed by atoms with van der Waals surface area (Å²) in [6, 6.07) is 6.61. The second kappa shape index (κ2) is 4.89. The van der Waals surface area contributed by atoms with Crippen molar-refractivity contribution >= 4 is 8.07 Å². The van der Waals surface area contributed by atoms with E-state index in [1.807, 2.05) is 0 Å². The van der Waals surface area contributed by atoms with Gasteiger partial charge < -0.3 is 0 Å². The summed E-state index contributed by atoms with van der Waals surface area (Å²) in [5, 5.41) is 1.63. The van der Waals surface area contributed by atoms with E-state index in [1.54, 1.807) is 10.8 Å². The summed E-state index contributed by atoms with van der Waals surface area (Å²) in [7, 11) is -1.13. The predicted octanol–water partition coefficient (Wildman–Crippen LogP) is 4.98. The Morgan fingerprint density at radius 3 is 2.17 bits per heavy atom. The van der Waals surface area contributed by atoms with Crippen LogP contribution < -0.4 is 0 Å². The van der Waals surface area contributed by atoms with Gasteiger partial charge in [0.15, 0.2) is 0 Å². The first-order valence-corrected chi connectivity index (χ1v) is 10.3. The molecule has 0 aliphatic heterocycles. The van der Waals surface area contributed by atoms with E-state index < -0.39 is 8.07 Å². The minimum Gasteiger partial charge on any atom is -0.0812 e. The summed E-state index contributed by atoms with van der Waals surface area (Å²) in [5.41, 5.74) is 5.97. The molecule has 2 rings (SSSR count). The molecule has 0 heterocycles. The number of rotatable bonds is 3. The highest BCUT2D eigenvalue weighted by Gasteiger charge is 2.21. The molecule has 1 aromatic rings. The van der Waals surface area contributed by atoms with Crippen molar-refractivity contribution < 1.29 is 0 Å². The second-order valence-electron chi connectivity index (χ2n) is 6.46. The van der Waals surface area contributed by atoms with Gasteiger partial charge in [-0.05, 0) is 43.4 Å². The van der Waals surface area contributed by atoms with E-state index in [0.717, 1.165) is 12.8 Å². The lowest BCUT2D eigenvalue weighted by atomic mass is 9.96. The molecule has 0 saturated heterocycles. The molecule has 1 aliphatic rings. The fourth-order valence-electron chi connectivity index (χ4n) is 2.58. The summed E-state index contributed by atoms with van der Waals surface area (Å²) < 4.78 is 0. The molecule has 0 bridgehead atoms. The lowest BCUT2D eigenvalue weighted by molar-refractivity contribution is 1.05. The van der Waals surface area contributed by atoms with Crippen molar-refractivity contribution in [2.75, 3.05) is 0 Å². The Kier molecular flexibility index (Phi) is 3.63. The minimum absolute atomic E-state index is 1.13. The Hall–Kier alpha value is -1.08. The van der Waals surface area contributed by atoms with Crippen molar-refractivity contribution in [3.8, 4) is 0 Å². The van der Waals surface area contributed by atoms with Gasteiger partial charge in [0.2, 0.25) is 0 Å². The van der Waals surface area contributed by atoms with Gasteiger partial charge in [0.1, 0.15) is 0 Å². The molecule has 0 saturated carbocycles. The number of aryl methyl sites for hydroxylation is 2. The summed E-state index contributed by atoms with van der Waals surface area (Å²) >= 11 is 0. The van der Waals surface area contributed by atoms with Gasteiger partial charge in [-0.3, -0.25) is 0 Å². The smallest absolute Gasteiger partial charge is 0.0771 e. The fraction of sp³-hybridized carbons (Fsp3) is 0.412. The highest BCUT2D eigenvalue weighted by Crippen LogP contribution is 2.29. The van der Waals surface area contributed by atoms with Crippen molar-refractivity contribution in [1.82, 2.24) is 0 Å². The SMILES string of the molecule is Cc1cccc(C)c1CC1=CC([Si](C)(C)C)=CC1. The van der Waals surface area contributed by atoms with Gasteiger partial charge in [-0.1, -0.05) is 60.8 Å². The zero-order chi connectivity index (χ0) is 13.3. The molecule has 0 nitrogen and oxygen atoms in total. The summed E-state index contributed by atoms with van der Waals surface area (Å²) in [4.78, 5) is 0. The Balaban J connectivity index is 2.19. The van der Waals surface area contributed by atoms with Gasteiger partial charge >= 0.3 is 0 Å². The average molecular weight is 256 g/mol. The molecule has 0 fully saturated rings. The van der Waals surface area contributed by atoms with E-state index in [9.17, 15) is 0 Å². The molecule has 1 aliphatic carbocycles. The third-order valence-corrected chi connectivity index (χ3v) is 5.94. The third kappa shape index (κ3) is 2.84. The number of benzene rings is 1. The lowest BCUT2D eigenvalue weighted by Gasteiger charge is -2.15. The zero-order valence-electron chi connectivity index (χ0n) is 12.3. The van der Waals surface area contributed by atoms with Gasteiger partial charge in [-0.15, -0.1) is 0 Å². The Bertz CT molecular complexity index is 493. The van der Waals surface area contributed by atoms with Crippen molar-refractivity contribution in [2.24, 2.45) is 0 Å². The van der Waals surface area contributed by atoms with Crippen molar-refractivity contribution in [3.05, 3.63) is 57.8 Å². The standard InChI is InChI=1S/C17H24Si/c1-13-7-6-8-14(2)17(13)12-15-9-10-16(11-15)18(3,4)5/h6-8,10-11H,9,12H2,1-5H3. The molecular weight excluding hydrogens is 232 g/mol. The molecule has 1 aromatic carbocycles. The maximum absolute atomic E-state index is 2.47. The van der Waals surface area contributed by atoms with Crippen molar-refractivity contribution in [3.63, 3.8) is 0 Å². The van der Waals surface area contributed by atoms with Crippen LogP contribution in [0.3, 0.4) is 0 Å². The maximum Gasteiger partial charge on any atom is 0.0771 e. The fourth-order valence-corrected chi connectivity index (χ4v) is 3.93. The van der Waals surface area contributed by atoms with Crippen LogP contribution in [0.2, 0.25) is 19.6 Å². The van der Waals surface area contributed by atoms with E-state index in [-0.39, 0.29) is 0 Å². The molecule has 0 amide bonds. The van der Waals surface area contributed by atoms with Gasteiger partial charge in [0.25, 0.3) is 0 Å². The van der Waals surface area contributed by atoms with Crippen LogP contribution in [0, 0.1) is 13.8 Å². The van der Waals surface area contributed by atoms with Gasteiger partial charge in [0, 0.05) is 0 Å². The highest BCUT2D eigenvalue weighted by molar-refractivity contribution is 6.83. The van der Waals surface area contributed by atoms with Crippen molar-refractivity contribution in [1.29, 1.82) is 0 Å². The van der Waals surface area contributed by atoms with Crippen LogP contribution in [0.4, 0.5) is 0 Å². The molecule has 0 radical (unpaired) electrons. The minimum atomic E-state index is -1.13. The zero-order valence-corrected chi connectivity index (χ0v) is 13.3. The Morgan fingerprint density at radius 2 is 1.67 bits per heavy atom. The van der Waals surface area contributed by atoms with Crippen LogP contribution in [0.15, 0.2) is 41.1 Å². The molecule has 0 unspecified atom stereocenters. The van der Waals surface area contributed by atoms with E-state index >= 15 is 0 Å². The molecule has 0 atom stereocenters. The first-order valence-electron chi connectivity index (χ1n) is 6.83. The summed E-state index contributed by atoms with van der Waals surface area (Å²) in [5.74, 6) is 0. The first kappa shape index (κ1) is 13.4. The molecule has 0 spiro atoms. The molecule has 18 heavy (non-hydrogen) atoms. The van der Waals surface area contributed by atoms with E-state index in [2.05, 4.69) is 63.8 Å².